The number of nitrogens with two attached hydrogens (primary N) is 1. The van der Waals surface area contributed by atoms with Crippen LogP contribution in [0.5, 0.6) is 0 Å². The molecule has 0 aliphatic carbocycles. The summed E-state index contributed by atoms with van der Waals surface area (Å²) in [6.45, 7) is 1.91. The molecule has 0 aromatic heterocycles. The number of nitrogens with one attached hydrogen (secondary N) is 2. The van der Waals surface area contributed by atoms with Crippen LogP contribution in [0, 0.1) is 6.92 Å². The van der Waals surface area contributed by atoms with Crippen molar-refractivity contribution in [2.75, 3.05) is 0 Å². The second kappa shape index (κ2) is 3.32. The first-order chi connectivity index (χ1) is 6.99. The van der Waals surface area contributed by atoms with Gasteiger partial charge in [0.05, 0.1) is 0 Å². The van der Waals surface area contributed by atoms with E-state index in [0.717, 1.165) is 11.1 Å². The van der Waals surface area contributed by atoms with E-state index in [0.29, 0.717) is 0 Å². The molecule has 80 valence electrons. The quantitative estimate of drug-likeness (QED) is 0.535. The number of hydrogen-bond donors (Lipinski definition) is 3. The van der Waals surface area contributed by atoms with Gasteiger partial charge in [-0.05, 0) is 18.1 Å². The summed E-state index contributed by atoms with van der Waals surface area (Å²) in [7, 11) is -3.47. The highest BCUT2D eigenvalue weighted by Gasteiger charge is 2.35. The van der Waals surface area contributed by atoms with Crippen molar-refractivity contribution in [2.45, 2.75) is 13.0 Å². The molecule has 0 saturated heterocycles. The minimum absolute atomic E-state index is 0.212. The van der Waals surface area contributed by atoms with E-state index in [1.54, 1.807) is 0 Å². The molecule has 4 N–H and O–H groups in total. The van der Waals surface area contributed by atoms with Gasteiger partial charge in [-0.15, -0.1) is 0 Å². The fourth-order valence-electron chi connectivity index (χ4n) is 1.60. The molecule has 1 aliphatic rings. The lowest BCUT2D eigenvalue weighted by atomic mass is 10.0. The Labute approximate surface area is 88.2 Å². The van der Waals surface area contributed by atoms with Gasteiger partial charge in [0.15, 0.2) is 6.04 Å². The molecular formula is C9H12N3O2S+. The summed E-state index contributed by atoms with van der Waals surface area (Å²) >= 11 is 0. The summed E-state index contributed by atoms with van der Waals surface area (Å²) < 4.78 is 27.1. The van der Waals surface area contributed by atoms with E-state index in [1.165, 1.54) is 0 Å². The van der Waals surface area contributed by atoms with Crippen molar-refractivity contribution in [1.29, 1.82) is 0 Å². The van der Waals surface area contributed by atoms with Gasteiger partial charge in [-0.2, -0.15) is 17.5 Å². The molecule has 15 heavy (non-hydrogen) atoms. The summed E-state index contributed by atoms with van der Waals surface area (Å²) in [5.41, 5.74) is 7.48. The maximum absolute atomic E-state index is 11.2. The molecule has 0 amide bonds. The van der Waals surface area contributed by atoms with E-state index in [9.17, 15) is 8.42 Å². The standard InChI is InChI=1S/C9H11N3O2S/c1-6-4-2-3-5-7(6)8-9(10)12-15(13,14)11-8/h2-5,8,11H,1H3,(H2,10,12)/p+1/t8-/m1/s1. The van der Waals surface area contributed by atoms with E-state index in [1.807, 2.05) is 31.2 Å². The van der Waals surface area contributed by atoms with Crippen molar-refractivity contribution in [2.24, 2.45) is 5.73 Å². The Kier molecular flexibility index (Phi) is 2.24. The minimum atomic E-state index is -3.47. The third kappa shape index (κ3) is 1.86. The predicted molar refractivity (Wildman–Crippen MR) is 56.1 cm³/mol. The highest BCUT2D eigenvalue weighted by Crippen LogP contribution is 2.17. The predicted octanol–water partition coefficient (Wildman–Crippen LogP) is -1.68. The zero-order valence-corrected chi connectivity index (χ0v) is 9.01. The van der Waals surface area contributed by atoms with Crippen LogP contribution in [0.1, 0.15) is 17.2 Å². The number of benzene rings is 1. The van der Waals surface area contributed by atoms with Gasteiger partial charge in [0.2, 0.25) is 0 Å². The lowest BCUT2D eigenvalue weighted by Crippen LogP contribution is -2.76. The monoisotopic (exact) mass is 226 g/mol. The lowest BCUT2D eigenvalue weighted by molar-refractivity contribution is -0.265. The molecule has 1 atom stereocenters. The third-order valence-corrected chi connectivity index (χ3v) is 3.39. The molecule has 0 fully saturated rings. The Hall–Kier alpha value is -1.40. The van der Waals surface area contributed by atoms with Crippen molar-refractivity contribution < 1.29 is 12.8 Å². The van der Waals surface area contributed by atoms with Gasteiger partial charge in [-0.25, -0.2) is 0 Å². The highest BCUT2D eigenvalue weighted by molar-refractivity contribution is 7.83. The molecule has 6 heteroatoms. The second-order valence-electron chi connectivity index (χ2n) is 3.47. The zero-order valence-electron chi connectivity index (χ0n) is 8.19. The van der Waals surface area contributed by atoms with E-state index in [2.05, 4.69) is 9.12 Å². The number of aryl methyl sites for hydroxylation is 1. The van der Waals surface area contributed by atoms with Gasteiger partial charge in [0.25, 0.3) is 5.84 Å². The van der Waals surface area contributed by atoms with Crippen molar-refractivity contribution in [3.63, 3.8) is 0 Å². The molecule has 0 saturated carbocycles. The van der Waals surface area contributed by atoms with E-state index < -0.39 is 16.3 Å². The summed E-state index contributed by atoms with van der Waals surface area (Å²) in [6, 6.07) is 7.03. The van der Waals surface area contributed by atoms with Crippen molar-refractivity contribution in [1.82, 2.24) is 4.72 Å². The molecule has 5 nitrogen and oxygen atoms in total. The summed E-state index contributed by atoms with van der Waals surface area (Å²) in [4.78, 5) is 0. The maximum atomic E-state index is 11.2. The molecule has 1 aromatic rings. The van der Waals surface area contributed by atoms with E-state index >= 15 is 0 Å². The second-order valence-corrected chi connectivity index (χ2v) is 4.91. The van der Waals surface area contributed by atoms with Crippen LogP contribution in [0.15, 0.2) is 24.3 Å². The van der Waals surface area contributed by atoms with Gasteiger partial charge in [0, 0.05) is 0 Å². The van der Waals surface area contributed by atoms with Gasteiger partial charge in [-0.3, -0.25) is 5.73 Å². The SMILES string of the molecule is Cc1ccccc1[C@H]1NS(=O)(=O)[NH+]=C1N. The Morgan fingerprint density at radius 3 is 2.60 bits per heavy atom. The van der Waals surface area contributed by atoms with Crippen LogP contribution in [0.3, 0.4) is 0 Å². The first-order valence-electron chi connectivity index (χ1n) is 4.47. The fraction of sp³-hybridized carbons (Fsp3) is 0.222. The molecule has 0 unspecified atom stereocenters. The molecule has 1 aromatic carbocycles. The van der Waals surface area contributed by atoms with Crippen molar-refractivity contribution in [3.8, 4) is 0 Å². The minimum Gasteiger partial charge on any atom is -0.288 e. The Bertz CT molecular complexity index is 522. The van der Waals surface area contributed by atoms with Crippen LogP contribution >= 0.6 is 0 Å². The molecule has 0 radical (unpaired) electrons. The van der Waals surface area contributed by atoms with Crippen molar-refractivity contribution in [3.05, 3.63) is 35.4 Å². The topological polar surface area (TPSA) is 86.2 Å². The molecule has 2 rings (SSSR count). The molecule has 0 bridgehead atoms. The Morgan fingerprint density at radius 1 is 1.40 bits per heavy atom. The van der Waals surface area contributed by atoms with Gasteiger partial charge in [0.1, 0.15) is 0 Å². The van der Waals surface area contributed by atoms with Crippen LogP contribution < -0.4 is 14.9 Å². The lowest BCUT2D eigenvalue weighted by Gasteiger charge is -2.09. The zero-order chi connectivity index (χ0) is 11.1. The van der Waals surface area contributed by atoms with E-state index in [4.69, 9.17) is 5.73 Å². The average molecular weight is 226 g/mol. The number of rotatable bonds is 1. The molecular weight excluding hydrogens is 214 g/mol. The number of hydrogen-bond acceptors (Lipinski definition) is 3. The average Bonchev–Trinajstić information content (AvgIpc) is 2.40. The normalized spacial score (nSPS) is 23.8. The van der Waals surface area contributed by atoms with Gasteiger partial charge < -0.3 is 0 Å². The van der Waals surface area contributed by atoms with Crippen molar-refractivity contribution >= 4 is 16.0 Å². The summed E-state index contributed by atoms with van der Waals surface area (Å²) in [5, 5.41) is 0. The maximum Gasteiger partial charge on any atom is 0.371 e. The fourth-order valence-corrected chi connectivity index (χ4v) is 2.66. The van der Waals surface area contributed by atoms with Crippen LogP contribution in [0.4, 0.5) is 0 Å². The van der Waals surface area contributed by atoms with Crippen LogP contribution in [-0.4, -0.2) is 14.3 Å². The van der Waals surface area contributed by atoms with Crippen LogP contribution in [0.2, 0.25) is 0 Å². The Morgan fingerprint density at radius 2 is 2.07 bits per heavy atom. The van der Waals surface area contributed by atoms with Gasteiger partial charge in [-0.1, -0.05) is 24.3 Å². The van der Waals surface area contributed by atoms with Crippen LogP contribution in [-0.2, 0) is 10.2 Å². The van der Waals surface area contributed by atoms with E-state index in [-0.39, 0.29) is 5.84 Å². The summed E-state index contributed by atoms with van der Waals surface area (Å²) in [6.07, 6.45) is 0. The van der Waals surface area contributed by atoms with Crippen LogP contribution in [0.25, 0.3) is 0 Å². The first kappa shape index (κ1) is 10.1. The summed E-state index contributed by atoms with van der Waals surface area (Å²) in [5.74, 6) is 0.212. The first-order valence-corrected chi connectivity index (χ1v) is 5.96. The largest absolute Gasteiger partial charge is 0.371 e. The third-order valence-electron chi connectivity index (χ3n) is 2.34. The Balaban J connectivity index is 2.44. The highest BCUT2D eigenvalue weighted by atomic mass is 32.2. The smallest absolute Gasteiger partial charge is 0.288 e. The van der Waals surface area contributed by atoms with Gasteiger partial charge >= 0.3 is 10.2 Å². The molecule has 0 spiro atoms. The number of amidine groups is 1. The molecule has 1 heterocycles. The molecule has 1 aliphatic heterocycles.